The Morgan fingerprint density at radius 1 is 0.473 bits per heavy atom. The van der Waals surface area contributed by atoms with Crippen molar-refractivity contribution in [3.63, 3.8) is 0 Å². The summed E-state index contributed by atoms with van der Waals surface area (Å²) < 4.78 is 11.2. The lowest BCUT2D eigenvalue weighted by Crippen LogP contribution is -2.60. The van der Waals surface area contributed by atoms with Crippen molar-refractivity contribution in [3.05, 3.63) is 146 Å². The quantitative estimate of drug-likeness (QED) is 0.0261. The molecule has 0 spiro atoms. The van der Waals surface area contributed by atoms with Gasteiger partial charge >= 0.3 is 0 Å². The van der Waals surface area contributed by atoms with E-state index in [4.69, 9.17) is 9.47 Å². The highest BCUT2D eigenvalue weighted by Gasteiger charge is 2.44. The number of nitrogens with one attached hydrogen (secondary N) is 1. The van der Waals surface area contributed by atoms with Crippen LogP contribution in [-0.2, 0) is 14.3 Å². The molecule has 0 aromatic carbocycles. The molecule has 1 fully saturated rings. The fraction of sp³-hybridized carbons (Fsp3) is 0.615. The summed E-state index contributed by atoms with van der Waals surface area (Å²) in [6, 6.07) is -0.832. The van der Waals surface area contributed by atoms with Crippen molar-refractivity contribution in [2.75, 3.05) is 13.2 Å². The minimum absolute atomic E-state index is 0.201. The second-order valence-electron chi connectivity index (χ2n) is 19.3. The van der Waals surface area contributed by atoms with Crippen LogP contribution in [0.15, 0.2) is 146 Å². The van der Waals surface area contributed by atoms with Gasteiger partial charge in [-0.2, -0.15) is 0 Å². The molecule has 0 bridgehead atoms. The molecular weight excluding hydrogens is 923 g/mol. The highest BCUT2D eigenvalue weighted by Crippen LogP contribution is 2.22. The zero-order valence-electron chi connectivity index (χ0n) is 46.3. The molecule has 1 amide bonds. The van der Waals surface area contributed by atoms with E-state index < -0.39 is 49.5 Å². The van der Waals surface area contributed by atoms with Gasteiger partial charge in [-0.3, -0.25) is 4.79 Å². The third kappa shape index (κ3) is 41.3. The molecule has 6 N–H and O–H groups in total. The monoisotopic (exact) mass is 1030 g/mol. The Morgan fingerprint density at radius 2 is 0.851 bits per heavy atom. The molecule has 7 unspecified atom stereocenters. The molecule has 9 nitrogen and oxygen atoms in total. The first-order valence-electron chi connectivity index (χ1n) is 29.1. The zero-order chi connectivity index (χ0) is 53.6. The van der Waals surface area contributed by atoms with E-state index in [9.17, 15) is 30.3 Å². The van der Waals surface area contributed by atoms with Gasteiger partial charge in [0.05, 0.1) is 25.4 Å². The van der Waals surface area contributed by atoms with Crippen LogP contribution in [0.3, 0.4) is 0 Å². The highest BCUT2D eigenvalue weighted by atomic mass is 16.7. The van der Waals surface area contributed by atoms with Gasteiger partial charge in [0.15, 0.2) is 6.29 Å². The normalized spacial score (nSPS) is 20.1. The van der Waals surface area contributed by atoms with Gasteiger partial charge in [0.2, 0.25) is 5.91 Å². The van der Waals surface area contributed by atoms with Gasteiger partial charge in [0, 0.05) is 6.42 Å². The molecule has 0 saturated carbocycles. The molecular formula is C65H105NO8. The van der Waals surface area contributed by atoms with Gasteiger partial charge in [-0.05, 0) is 109 Å². The number of carbonyl (C=O) groups is 1. The predicted octanol–water partition coefficient (Wildman–Crippen LogP) is 14.7. The first kappa shape index (κ1) is 68.1. The van der Waals surface area contributed by atoms with Crippen molar-refractivity contribution >= 4 is 5.91 Å². The second-order valence-corrected chi connectivity index (χ2v) is 19.3. The summed E-state index contributed by atoms with van der Waals surface area (Å²) in [7, 11) is 0. The summed E-state index contributed by atoms with van der Waals surface area (Å²) >= 11 is 0. The van der Waals surface area contributed by atoms with Crippen molar-refractivity contribution < 1.29 is 39.8 Å². The fourth-order valence-electron chi connectivity index (χ4n) is 8.08. The smallest absolute Gasteiger partial charge is 0.220 e. The lowest BCUT2D eigenvalue weighted by Gasteiger charge is -2.40. The summed E-state index contributed by atoms with van der Waals surface area (Å²) in [4.78, 5) is 13.0. The maximum atomic E-state index is 13.0. The van der Waals surface area contributed by atoms with Gasteiger partial charge in [-0.25, -0.2) is 0 Å². The summed E-state index contributed by atoms with van der Waals surface area (Å²) in [5.74, 6) is -0.201. The summed E-state index contributed by atoms with van der Waals surface area (Å²) in [5.41, 5.74) is 0. The summed E-state index contributed by atoms with van der Waals surface area (Å²) in [6.45, 7) is 3.58. The third-order valence-electron chi connectivity index (χ3n) is 12.6. The molecule has 1 saturated heterocycles. The van der Waals surface area contributed by atoms with Crippen LogP contribution in [0.5, 0.6) is 0 Å². The Hall–Kier alpha value is -3.93. The Kier molecular flexibility index (Phi) is 48.3. The zero-order valence-corrected chi connectivity index (χ0v) is 46.3. The average Bonchev–Trinajstić information content (AvgIpc) is 3.40. The van der Waals surface area contributed by atoms with Crippen molar-refractivity contribution in [2.45, 2.75) is 243 Å². The third-order valence-corrected chi connectivity index (χ3v) is 12.6. The van der Waals surface area contributed by atoms with Crippen LogP contribution in [0.4, 0.5) is 0 Å². The van der Waals surface area contributed by atoms with Crippen LogP contribution in [0.1, 0.15) is 200 Å². The van der Waals surface area contributed by atoms with Gasteiger partial charge in [0.1, 0.15) is 24.4 Å². The van der Waals surface area contributed by atoms with E-state index in [2.05, 4.69) is 153 Å². The van der Waals surface area contributed by atoms with Crippen molar-refractivity contribution in [1.82, 2.24) is 5.32 Å². The van der Waals surface area contributed by atoms with E-state index in [1.807, 2.05) is 6.08 Å². The molecule has 7 atom stereocenters. The second kappa shape index (κ2) is 52.5. The van der Waals surface area contributed by atoms with Gasteiger partial charge in [0.25, 0.3) is 0 Å². The van der Waals surface area contributed by atoms with Crippen LogP contribution in [-0.4, -0.2) is 87.5 Å². The van der Waals surface area contributed by atoms with Crippen LogP contribution in [0.2, 0.25) is 0 Å². The number of allylic oxidation sites excluding steroid dienone is 23. The number of aliphatic hydroxyl groups is 5. The van der Waals surface area contributed by atoms with Gasteiger partial charge < -0.3 is 40.3 Å². The maximum Gasteiger partial charge on any atom is 0.220 e. The standard InChI is InChI=1S/C65H105NO8/c1-3-5-7-9-11-13-15-16-17-18-19-20-21-22-23-24-25-26-27-28-29-30-31-32-33-34-35-36-37-38-39-40-41-42-43-44-45-47-49-51-53-55-61(69)66-58(57-73-65-64(72)63(71)62(70)60(56-67)74-65)59(68)54-52-50-48-46-14-12-10-8-6-4-2/h5,7,11,13-14,16-17,19-20,22-23,25-26,28-29,31-32,34-35,37-38,46,52,54,58-60,62-65,67-68,70-72H,3-4,6,8-10,12,15,18,21,24,27,30,33,36,39-45,47-51,53,55-57H2,1-2H3,(H,66,69)/b7-5-,13-11-,17-16-,20-19-,23-22-,26-25-,29-28-,32-31-,35-34-,38-37-,46-14+,54-52+. The van der Waals surface area contributed by atoms with E-state index in [1.54, 1.807) is 6.08 Å². The molecule has 0 aliphatic carbocycles. The summed E-state index contributed by atoms with van der Waals surface area (Å²) in [5, 5.41) is 54.2. The Labute approximate surface area is 451 Å². The number of rotatable bonds is 47. The van der Waals surface area contributed by atoms with E-state index in [0.29, 0.717) is 6.42 Å². The minimum atomic E-state index is -1.58. The number of hydrogen-bond donors (Lipinski definition) is 6. The lowest BCUT2D eigenvalue weighted by atomic mass is 9.99. The van der Waals surface area contributed by atoms with Crippen molar-refractivity contribution in [3.8, 4) is 0 Å². The van der Waals surface area contributed by atoms with Crippen LogP contribution in [0, 0.1) is 0 Å². The molecule has 1 aliphatic rings. The first-order chi connectivity index (χ1) is 36.3. The number of unbranched alkanes of at least 4 members (excludes halogenated alkanes) is 15. The van der Waals surface area contributed by atoms with Crippen LogP contribution < -0.4 is 5.32 Å². The van der Waals surface area contributed by atoms with Gasteiger partial charge in [-0.15, -0.1) is 0 Å². The maximum absolute atomic E-state index is 13.0. The van der Waals surface area contributed by atoms with Crippen LogP contribution in [0.25, 0.3) is 0 Å². The Balaban J connectivity index is 2.12. The molecule has 9 heteroatoms. The number of hydrogen-bond acceptors (Lipinski definition) is 8. The number of ether oxygens (including phenoxy) is 2. The van der Waals surface area contributed by atoms with Crippen molar-refractivity contribution in [2.24, 2.45) is 0 Å². The van der Waals surface area contributed by atoms with E-state index in [1.165, 1.54) is 64.2 Å². The number of carbonyl (C=O) groups excluding carboxylic acids is 1. The lowest BCUT2D eigenvalue weighted by molar-refractivity contribution is -0.302. The minimum Gasteiger partial charge on any atom is -0.394 e. The molecule has 0 radical (unpaired) electrons. The topological polar surface area (TPSA) is 149 Å². The van der Waals surface area contributed by atoms with E-state index in [-0.39, 0.29) is 12.5 Å². The Bertz CT molecular complexity index is 1660. The molecule has 418 valence electrons. The Morgan fingerprint density at radius 3 is 1.30 bits per heavy atom. The molecule has 74 heavy (non-hydrogen) atoms. The number of amides is 1. The molecule has 0 aromatic heterocycles. The predicted molar refractivity (Wildman–Crippen MR) is 313 cm³/mol. The molecule has 0 aromatic rings. The van der Waals surface area contributed by atoms with E-state index in [0.717, 1.165) is 116 Å². The first-order valence-corrected chi connectivity index (χ1v) is 29.1. The van der Waals surface area contributed by atoms with Crippen molar-refractivity contribution in [1.29, 1.82) is 0 Å². The van der Waals surface area contributed by atoms with Gasteiger partial charge in [-0.1, -0.05) is 230 Å². The highest BCUT2D eigenvalue weighted by molar-refractivity contribution is 5.76. The van der Waals surface area contributed by atoms with Crippen LogP contribution >= 0.6 is 0 Å². The average molecular weight is 1030 g/mol. The number of aliphatic hydroxyl groups excluding tert-OH is 5. The fourth-order valence-corrected chi connectivity index (χ4v) is 8.08. The largest absolute Gasteiger partial charge is 0.394 e. The summed E-state index contributed by atoms with van der Waals surface area (Å²) in [6.07, 6.45) is 75.1. The SMILES string of the molecule is CC/C=C\C/C=C\C/C=C\C/C=C\C/C=C\C/C=C\C/C=C\C/C=C\C/C=C\C/C=C\CCCCCCCCCCCCC(=O)NC(COC1OC(CO)C(O)C(O)C1O)C(O)/C=C/CC/C=C/CCCCCC. The molecule has 1 aliphatic heterocycles. The molecule has 1 rings (SSSR count). The molecule has 1 heterocycles. The van der Waals surface area contributed by atoms with E-state index >= 15 is 0 Å².